The predicted molar refractivity (Wildman–Crippen MR) is 141 cm³/mol. The Hall–Kier alpha value is -4.67. The first kappa shape index (κ1) is 23.7. The summed E-state index contributed by atoms with van der Waals surface area (Å²) in [4.78, 5) is 29.6. The fourth-order valence-corrected chi connectivity index (χ4v) is 4.70. The van der Waals surface area contributed by atoms with Crippen LogP contribution in [-0.4, -0.2) is 58.3 Å². The number of rotatable bonds is 3. The second-order valence-corrected chi connectivity index (χ2v) is 9.98. The second-order valence-electron chi connectivity index (χ2n) is 9.98. The zero-order valence-corrected chi connectivity index (χ0v) is 21.8. The molecule has 0 bridgehead atoms. The fraction of sp³-hybridized carbons (Fsp3) is 0.296. The first-order valence-corrected chi connectivity index (χ1v) is 12.2. The summed E-state index contributed by atoms with van der Waals surface area (Å²) < 4.78 is 17.2. The molecule has 0 spiro atoms. The van der Waals surface area contributed by atoms with E-state index in [9.17, 15) is 4.79 Å². The highest BCUT2D eigenvalue weighted by atomic mass is 16.5. The highest BCUT2D eigenvalue weighted by Crippen LogP contribution is 2.46. The number of nitrogens with zero attached hydrogens (tertiary/aromatic N) is 6. The van der Waals surface area contributed by atoms with E-state index in [0.717, 1.165) is 39.4 Å². The van der Waals surface area contributed by atoms with E-state index in [-0.39, 0.29) is 6.03 Å². The van der Waals surface area contributed by atoms with Crippen LogP contribution in [0.3, 0.4) is 0 Å². The fourth-order valence-electron chi connectivity index (χ4n) is 4.70. The molecule has 0 atom stereocenters. The van der Waals surface area contributed by atoms with E-state index >= 15 is 0 Å². The SMILES string of the molecule is Cc1conc1-c1ccc2c(c1)OC(C)(C)c1nc(Nc3cnc4c(c3)N(C(=O)N(C)C)CCO4)ncc1-2. The van der Waals surface area contributed by atoms with Gasteiger partial charge < -0.3 is 24.2 Å². The molecule has 0 unspecified atom stereocenters. The third-order valence-corrected chi connectivity index (χ3v) is 6.56. The molecule has 11 nitrogen and oxygen atoms in total. The molecule has 11 heteroatoms. The largest absolute Gasteiger partial charge is 0.481 e. The zero-order chi connectivity index (χ0) is 26.6. The Kier molecular flexibility index (Phi) is 5.44. The normalized spacial score (nSPS) is 14.9. The number of nitrogens with one attached hydrogen (secondary N) is 1. The van der Waals surface area contributed by atoms with Gasteiger partial charge in [-0.2, -0.15) is 0 Å². The summed E-state index contributed by atoms with van der Waals surface area (Å²) in [6.45, 7) is 6.73. The molecule has 2 aliphatic heterocycles. The molecular formula is C27H27N7O4. The first-order valence-electron chi connectivity index (χ1n) is 12.2. The molecule has 2 aliphatic rings. The quantitative estimate of drug-likeness (QED) is 0.414. The summed E-state index contributed by atoms with van der Waals surface area (Å²) in [7, 11) is 3.43. The lowest BCUT2D eigenvalue weighted by atomic mass is 9.90. The number of ether oxygens (including phenoxy) is 2. The van der Waals surface area contributed by atoms with Gasteiger partial charge >= 0.3 is 6.03 Å². The number of aromatic nitrogens is 4. The van der Waals surface area contributed by atoms with Gasteiger partial charge in [0.1, 0.15) is 35.6 Å². The Morgan fingerprint density at radius 1 is 1.13 bits per heavy atom. The van der Waals surface area contributed by atoms with Crippen LogP contribution in [0.2, 0.25) is 0 Å². The van der Waals surface area contributed by atoms with Crippen molar-refractivity contribution >= 4 is 23.4 Å². The molecule has 5 heterocycles. The average Bonchev–Trinajstić information content (AvgIpc) is 3.33. The summed E-state index contributed by atoms with van der Waals surface area (Å²) in [6, 6.07) is 7.63. The molecule has 0 aliphatic carbocycles. The Bertz CT molecular complexity index is 1560. The van der Waals surface area contributed by atoms with Crippen molar-refractivity contribution in [1.82, 2.24) is 25.0 Å². The molecule has 0 fully saturated rings. The minimum Gasteiger partial charge on any atom is -0.481 e. The van der Waals surface area contributed by atoms with Crippen molar-refractivity contribution in [3.05, 3.63) is 54.2 Å². The van der Waals surface area contributed by atoms with Crippen LogP contribution in [0.15, 0.2) is 47.4 Å². The molecule has 3 aromatic heterocycles. The monoisotopic (exact) mass is 513 g/mol. The zero-order valence-electron chi connectivity index (χ0n) is 21.8. The highest BCUT2D eigenvalue weighted by molar-refractivity contribution is 5.94. The minimum atomic E-state index is -0.712. The van der Waals surface area contributed by atoms with Crippen molar-refractivity contribution in [2.75, 3.05) is 37.5 Å². The van der Waals surface area contributed by atoms with Gasteiger partial charge in [-0.05, 0) is 39.0 Å². The van der Waals surface area contributed by atoms with Crippen molar-refractivity contribution < 1.29 is 18.8 Å². The summed E-state index contributed by atoms with van der Waals surface area (Å²) in [5, 5.41) is 7.34. The van der Waals surface area contributed by atoms with E-state index in [1.165, 1.54) is 4.90 Å². The number of aryl methyl sites for hydroxylation is 1. The summed E-state index contributed by atoms with van der Waals surface area (Å²) >= 11 is 0. The molecule has 4 aromatic rings. The van der Waals surface area contributed by atoms with Crippen LogP contribution in [0.25, 0.3) is 22.4 Å². The van der Waals surface area contributed by atoms with Crippen LogP contribution < -0.4 is 19.7 Å². The number of anilines is 3. The van der Waals surface area contributed by atoms with Crippen LogP contribution in [0.5, 0.6) is 11.6 Å². The van der Waals surface area contributed by atoms with Gasteiger partial charge in [0.05, 0.1) is 24.1 Å². The standard InChI is InChI=1S/C27H27N7O4/c1-15-14-37-32-22(15)16-6-7-18-19-13-29-25(31-23(19)27(2,3)38-21(18)10-16)30-17-11-20-24(28-12-17)36-9-8-34(20)26(35)33(4)5/h6-7,10-14H,8-9H2,1-5H3,(H,29,30,31). The van der Waals surface area contributed by atoms with Crippen molar-refractivity contribution in [3.63, 3.8) is 0 Å². The molecule has 0 saturated carbocycles. The Balaban J connectivity index is 1.33. The number of pyridine rings is 1. The number of hydrogen-bond donors (Lipinski definition) is 1. The van der Waals surface area contributed by atoms with Gasteiger partial charge in [-0.25, -0.2) is 19.7 Å². The van der Waals surface area contributed by atoms with E-state index in [1.54, 1.807) is 37.7 Å². The number of hydrogen-bond acceptors (Lipinski definition) is 9. The first-order chi connectivity index (χ1) is 18.2. The number of amides is 2. The molecule has 194 valence electrons. The van der Waals surface area contributed by atoms with Gasteiger partial charge in [0.25, 0.3) is 0 Å². The number of fused-ring (bicyclic) bond motifs is 4. The molecule has 1 aromatic carbocycles. The Morgan fingerprint density at radius 2 is 1.97 bits per heavy atom. The van der Waals surface area contributed by atoms with Gasteiger partial charge in [-0.1, -0.05) is 11.2 Å². The molecule has 1 N–H and O–H groups in total. The molecule has 0 radical (unpaired) electrons. The van der Waals surface area contributed by atoms with Crippen molar-refractivity contribution in [2.45, 2.75) is 26.4 Å². The van der Waals surface area contributed by atoms with E-state index in [4.69, 9.17) is 19.0 Å². The van der Waals surface area contributed by atoms with Gasteiger partial charge in [-0.3, -0.25) is 4.90 Å². The maximum atomic E-state index is 12.7. The Labute approximate surface area is 219 Å². The summed E-state index contributed by atoms with van der Waals surface area (Å²) in [5.41, 5.74) is 5.72. The average molecular weight is 514 g/mol. The lowest BCUT2D eigenvalue weighted by Crippen LogP contribution is -2.43. The maximum absolute atomic E-state index is 12.7. The van der Waals surface area contributed by atoms with E-state index in [2.05, 4.69) is 20.4 Å². The number of benzene rings is 1. The second kappa shape index (κ2) is 8.72. The predicted octanol–water partition coefficient (Wildman–Crippen LogP) is 4.75. The third kappa shape index (κ3) is 3.96. The van der Waals surface area contributed by atoms with E-state index < -0.39 is 5.60 Å². The maximum Gasteiger partial charge on any atom is 0.324 e. The van der Waals surface area contributed by atoms with Gasteiger partial charge in [0.15, 0.2) is 0 Å². The molecule has 0 saturated heterocycles. The van der Waals surface area contributed by atoms with Crippen LogP contribution in [0.1, 0.15) is 25.1 Å². The third-order valence-electron chi connectivity index (χ3n) is 6.56. The van der Waals surface area contributed by atoms with Gasteiger partial charge in [-0.15, -0.1) is 0 Å². The van der Waals surface area contributed by atoms with Crippen LogP contribution in [0.4, 0.5) is 22.1 Å². The van der Waals surface area contributed by atoms with Gasteiger partial charge in [0, 0.05) is 42.5 Å². The van der Waals surface area contributed by atoms with Crippen LogP contribution in [-0.2, 0) is 5.60 Å². The van der Waals surface area contributed by atoms with E-state index in [1.807, 2.05) is 45.0 Å². The Morgan fingerprint density at radius 3 is 2.74 bits per heavy atom. The summed E-state index contributed by atoms with van der Waals surface area (Å²) in [5.74, 6) is 1.54. The van der Waals surface area contributed by atoms with Crippen LogP contribution in [0, 0.1) is 6.92 Å². The highest BCUT2D eigenvalue weighted by Gasteiger charge is 2.35. The topological polar surface area (TPSA) is 119 Å². The van der Waals surface area contributed by atoms with Crippen molar-refractivity contribution in [3.8, 4) is 34.0 Å². The van der Waals surface area contributed by atoms with Crippen molar-refractivity contribution in [2.24, 2.45) is 0 Å². The smallest absolute Gasteiger partial charge is 0.324 e. The lowest BCUT2D eigenvalue weighted by Gasteiger charge is -2.34. The van der Waals surface area contributed by atoms with E-state index in [0.29, 0.717) is 36.4 Å². The molecule has 2 amide bonds. The van der Waals surface area contributed by atoms with Gasteiger partial charge in [0.2, 0.25) is 11.8 Å². The lowest BCUT2D eigenvalue weighted by molar-refractivity contribution is 0.101. The minimum absolute atomic E-state index is 0.141. The summed E-state index contributed by atoms with van der Waals surface area (Å²) in [6.07, 6.45) is 5.06. The number of urea groups is 1. The number of carbonyl (C=O) groups is 1. The molecular weight excluding hydrogens is 486 g/mol. The number of carbonyl (C=O) groups excluding carboxylic acids is 1. The van der Waals surface area contributed by atoms with Crippen molar-refractivity contribution in [1.29, 1.82) is 0 Å². The van der Waals surface area contributed by atoms with Crippen LogP contribution >= 0.6 is 0 Å². The molecule has 38 heavy (non-hydrogen) atoms. The molecule has 6 rings (SSSR count).